The minimum absolute atomic E-state index is 0.479. The van der Waals surface area contributed by atoms with Crippen molar-refractivity contribution in [3.05, 3.63) is 47.2 Å². The van der Waals surface area contributed by atoms with Crippen LogP contribution in [0.3, 0.4) is 0 Å². The van der Waals surface area contributed by atoms with E-state index in [2.05, 4.69) is 22.2 Å². The van der Waals surface area contributed by atoms with E-state index in [0.717, 1.165) is 23.3 Å². The van der Waals surface area contributed by atoms with Crippen molar-refractivity contribution in [2.45, 2.75) is 46.6 Å². The van der Waals surface area contributed by atoms with Crippen LogP contribution in [0.2, 0.25) is 0 Å². The highest BCUT2D eigenvalue weighted by Gasteiger charge is 2.06. The first-order valence-electron chi connectivity index (χ1n) is 8.06. The van der Waals surface area contributed by atoms with E-state index >= 15 is 0 Å². The van der Waals surface area contributed by atoms with Gasteiger partial charge in [0.25, 0.3) is 0 Å². The van der Waals surface area contributed by atoms with Gasteiger partial charge in [-0.25, -0.2) is 4.98 Å². The average molecular weight is 317 g/mol. The minimum atomic E-state index is -0.715. The standard InChI is InChI=1S/C18H24FN3O/c1-4-5-6-9-23-16-10-13(2)7-8-15(16)12-20-17-11-14(3)21-18(19)22-17/h7-8,10-11H,4-6,9,12H2,1-3H3,(H,20,21,22). The molecule has 0 spiro atoms. The van der Waals surface area contributed by atoms with Crippen LogP contribution in [0, 0.1) is 19.9 Å². The van der Waals surface area contributed by atoms with Crippen LogP contribution in [0.15, 0.2) is 24.3 Å². The van der Waals surface area contributed by atoms with Crippen LogP contribution >= 0.6 is 0 Å². The van der Waals surface area contributed by atoms with E-state index in [1.54, 1.807) is 13.0 Å². The van der Waals surface area contributed by atoms with Crippen LogP contribution in [0.5, 0.6) is 5.75 Å². The molecule has 1 aromatic carbocycles. The Morgan fingerprint density at radius 2 is 1.96 bits per heavy atom. The van der Waals surface area contributed by atoms with Gasteiger partial charge in [0, 0.05) is 23.9 Å². The summed E-state index contributed by atoms with van der Waals surface area (Å²) in [5.41, 5.74) is 2.78. The molecule has 0 aliphatic rings. The molecule has 124 valence electrons. The summed E-state index contributed by atoms with van der Waals surface area (Å²) >= 11 is 0. The molecule has 2 rings (SSSR count). The van der Waals surface area contributed by atoms with Gasteiger partial charge in [-0.3, -0.25) is 0 Å². The van der Waals surface area contributed by atoms with Crippen LogP contribution in [-0.4, -0.2) is 16.6 Å². The van der Waals surface area contributed by atoms with Gasteiger partial charge in [-0.15, -0.1) is 0 Å². The fourth-order valence-corrected chi connectivity index (χ4v) is 2.29. The third-order valence-electron chi connectivity index (χ3n) is 3.52. The SMILES string of the molecule is CCCCCOc1cc(C)ccc1CNc1cc(C)nc(F)n1. The largest absolute Gasteiger partial charge is 0.493 e. The summed E-state index contributed by atoms with van der Waals surface area (Å²) in [4.78, 5) is 7.39. The first-order valence-corrected chi connectivity index (χ1v) is 8.06. The number of hydrogen-bond donors (Lipinski definition) is 1. The molecule has 0 radical (unpaired) electrons. The highest BCUT2D eigenvalue weighted by molar-refractivity contribution is 5.41. The molecule has 2 aromatic rings. The molecule has 0 aliphatic carbocycles. The molecule has 1 N–H and O–H groups in total. The van der Waals surface area contributed by atoms with E-state index in [9.17, 15) is 4.39 Å². The first-order chi connectivity index (χ1) is 11.1. The van der Waals surface area contributed by atoms with Gasteiger partial charge >= 0.3 is 6.08 Å². The molecule has 5 heteroatoms. The molecule has 0 saturated carbocycles. The zero-order chi connectivity index (χ0) is 16.7. The lowest BCUT2D eigenvalue weighted by molar-refractivity contribution is 0.303. The smallest absolute Gasteiger partial charge is 0.310 e. The zero-order valence-electron chi connectivity index (χ0n) is 14.0. The number of rotatable bonds is 8. The zero-order valence-corrected chi connectivity index (χ0v) is 14.0. The number of nitrogens with zero attached hydrogens (tertiary/aromatic N) is 2. The van der Waals surface area contributed by atoms with Gasteiger partial charge in [-0.1, -0.05) is 31.9 Å². The fourth-order valence-electron chi connectivity index (χ4n) is 2.29. The lowest BCUT2D eigenvalue weighted by Gasteiger charge is -2.13. The maximum atomic E-state index is 13.2. The number of aromatic nitrogens is 2. The Kier molecular flexibility index (Phi) is 6.32. The Morgan fingerprint density at radius 1 is 1.13 bits per heavy atom. The maximum absolute atomic E-state index is 13.2. The summed E-state index contributed by atoms with van der Waals surface area (Å²) in [5, 5.41) is 3.13. The number of anilines is 1. The van der Waals surface area contributed by atoms with E-state index in [1.807, 2.05) is 25.1 Å². The molecule has 4 nitrogen and oxygen atoms in total. The Bertz CT molecular complexity index is 626. The fraction of sp³-hybridized carbons (Fsp3) is 0.444. The summed E-state index contributed by atoms with van der Waals surface area (Å²) in [6.07, 6.45) is 2.67. The second-order valence-electron chi connectivity index (χ2n) is 5.68. The van der Waals surface area contributed by atoms with Crippen molar-refractivity contribution >= 4 is 5.82 Å². The summed E-state index contributed by atoms with van der Waals surface area (Å²) < 4.78 is 19.1. The number of ether oxygens (including phenoxy) is 1. The number of halogens is 1. The summed E-state index contributed by atoms with van der Waals surface area (Å²) in [7, 11) is 0. The van der Waals surface area contributed by atoms with Gasteiger partial charge < -0.3 is 10.1 Å². The van der Waals surface area contributed by atoms with Crippen molar-refractivity contribution in [3.8, 4) is 5.75 Å². The Labute approximate surface area is 137 Å². The Morgan fingerprint density at radius 3 is 2.70 bits per heavy atom. The number of aryl methyl sites for hydroxylation is 2. The average Bonchev–Trinajstić information content (AvgIpc) is 2.50. The van der Waals surface area contributed by atoms with E-state index in [0.29, 0.717) is 24.7 Å². The second-order valence-corrected chi connectivity index (χ2v) is 5.68. The van der Waals surface area contributed by atoms with Crippen molar-refractivity contribution in [1.29, 1.82) is 0 Å². The number of nitrogens with one attached hydrogen (secondary N) is 1. The molecular weight excluding hydrogens is 293 g/mol. The summed E-state index contributed by atoms with van der Waals surface area (Å²) in [6.45, 7) is 7.19. The molecule has 1 aromatic heterocycles. The molecule has 23 heavy (non-hydrogen) atoms. The second kappa shape index (κ2) is 8.46. The lowest BCUT2D eigenvalue weighted by atomic mass is 10.1. The van der Waals surface area contributed by atoms with E-state index in [-0.39, 0.29) is 0 Å². The Hall–Kier alpha value is -2.17. The van der Waals surface area contributed by atoms with Crippen LogP contribution < -0.4 is 10.1 Å². The van der Waals surface area contributed by atoms with E-state index in [4.69, 9.17) is 4.74 Å². The lowest BCUT2D eigenvalue weighted by Crippen LogP contribution is -2.07. The maximum Gasteiger partial charge on any atom is 0.310 e. The summed E-state index contributed by atoms with van der Waals surface area (Å²) in [6, 6.07) is 7.83. The molecule has 0 bridgehead atoms. The minimum Gasteiger partial charge on any atom is -0.493 e. The van der Waals surface area contributed by atoms with Crippen LogP contribution in [0.4, 0.5) is 10.2 Å². The van der Waals surface area contributed by atoms with Gasteiger partial charge in [-0.05, 0) is 31.9 Å². The van der Waals surface area contributed by atoms with Crippen LogP contribution in [0.25, 0.3) is 0 Å². The highest BCUT2D eigenvalue weighted by Crippen LogP contribution is 2.22. The molecule has 0 amide bonds. The van der Waals surface area contributed by atoms with Gasteiger partial charge in [0.1, 0.15) is 11.6 Å². The summed E-state index contributed by atoms with van der Waals surface area (Å²) in [5.74, 6) is 1.35. The molecule has 0 aliphatic heterocycles. The number of unbranched alkanes of at least 4 members (excludes halogenated alkanes) is 2. The van der Waals surface area contributed by atoms with Gasteiger partial charge in [-0.2, -0.15) is 9.37 Å². The Balaban J connectivity index is 2.03. The van der Waals surface area contributed by atoms with Crippen molar-refractivity contribution in [2.75, 3.05) is 11.9 Å². The molecule has 0 saturated heterocycles. The monoisotopic (exact) mass is 317 g/mol. The molecule has 0 fully saturated rings. The van der Waals surface area contributed by atoms with Gasteiger partial charge in [0.15, 0.2) is 0 Å². The van der Waals surface area contributed by atoms with Crippen LogP contribution in [-0.2, 0) is 6.54 Å². The van der Waals surface area contributed by atoms with Crippen molar-refractivity contribution in [2.24, 2.45) is 0 Å². The molecule has 1 heterocycles. The molecule has 0 unspecified atom stereocenters. The van der Waals surface area contributed by atoms with E-state index in [1.165, 1.54) is 12.8 Å². The van der Waals surface area contributed by atoms with Crippen molar-refractivity contribution < 1.29 is 9.13 Å². The normalized spacial score (nSPS) is 10.6. The van der Waals surface area contributed by atoms with Gasteiger partial charge in [0.05, 0.1) is 6.61 Å². The number of benzene rings is 1. The third kappa shape index (κ3) is 5.51. The van der Waals surface area contributed by atoms with E-state index < -0.39 is 6.08 Å². The van der Waals surface area contributed by atoms with Crippen LogP contribution in [0.1, 0.15) is 43.0 Å². The number of hydrogen-bond acceptors (Lipinski definition) is 4. The third-order valence-corrected chi connectivity index (χ3v) is 3.52. The molecular formula is C18H24FN3O. The van der Waals surface area contributed by atoms with Gasteiger partial charge in [0.2, 0.25) is 0 Å². The van der Waals surface area contributed by atoms with Crippen molar-refractivity contribution in [3.63, 3.8) is 0 Å². The first kappa shape index (κ1) is 17.2. The predicted octanol–water partition coefficient (Wildman–Crippen LogP) is 4.41. The van der Waals surface area contributed by atoms with Crippen molar-refractivity contribution in [1.82, 2.24) is 9.97 Å². The topological polar surface area (TPSA) is 47.0 Å². The quantitative estimate of drug-likeness (QED) is 0.578. The predicted molar refractivity (Wildman–Crippen MR) is 90.3 cm³/mol. The highest BCUT2D eigenvalue weighted by atomic mass is 19.1. The molecule has 0 atom stereocenters.